The van der Waals surface area contributed by atoms with E-state index in [-0.39, 0.29) is 35.8 Å². The maximum atomic E-state index is 13.1. The Bertz CT molecular complexity index is 842. The molecule has 11 heteroatoms. The summed E-state index contributed by atoms with van der Waals surface area (Å²) in [4.78, 5) is 12.1. The summed E-state index contributed by atoms with van der Waals surface area (Å²) in [5.41, 5.74) is 0.295. The van der Waals surface area contributed by atoms with Crippen LogP contribution in [0.2, 0.25) is 0 Å². The lowest BCUT2D eigenvalue weighted by Gasteiger charge is -2.08. The van der Waals surface area contributed by atoms with Gasteiger partial charge in [0.15, 0.2) is 5.69 Å². The van der Waals surface area contributed by atoms with Crippen LogP contribution in [0.15, 0.2) is 15.1 Å². The maximum Gasteiger partial charge on any atom is 0.436 e. The molecule has 1 N–H and O–H groups in total. The van der Waals surface area contributed by atoms with Crippen LogP contribution in [0.25, 0.3) is 0 Å². The van der Waals surface area contributed by atoms with Gasteiger partial charge in [0.1, 0.15) is 0 Å². The highest BCUT2D eigenvalue weighted by Crippen LogP contribution is 2.47. The van der Waals surface area contributed by atoms with Gasteiger partial charge < -0.3 is 5.32 Å². The summed E-state index contributed by atoms with van der Waals surface area (Å²) in [6, 6.07) is 0. The topological polar surface area (TPSA) is 64.7 Å². The Balaban J connectivity index is 1.62. The van der Waals surface area contributed by atoms with Crippen molar-refractivity contribution in [2.45, 2.75) is 57.9 Å². The van der Waals surface area contributed by atoms with E-state index in [9.17, 15) is 18.0 Å². The summed E-state index contributed by atoms with van der Waals surface area (Å²) >= 11 is 6.43. The van der Waals surface area contributed by atoms with E-state index < -0.39 is 11.9 Å². The van der Waals surface area contributed by atoms with E-state index in [2.05, 4.69) is 47.4 Å². The molecule has 3 rings (SSSR count). The zero-order valence-corrected chi connectivity index (χ0v) is 17.7. The van der Waals surface area contributed by atoms with Gasteiger partial charge in [-0.2, -0.15) is 23.4 Å². The Kier molecular flexibility index (Phi) is 5.99. The SMILES string of the molecule is CCn1cc(Br)c(CNC(=O)CCn2nc(C(F)(F)F)c(Br)c2C2CC2)n1. The lowest BCUT2D eigenvalue weighted by atomic mass is 10.2. The molecule has 0 atom stereocenters. The van der Waals surface area contributed by atoms with Crippen molar-refractivity contribution >= 4 is 37.8 Å². The summed E-state index contributed by atoms with van der Waals surface area (Å²) in [5.74, 6) is -0.199. The molecule has 1 fully saturated rings. The van der Waals surface area contributed by atoms with Crippen LogP contribution in [0.3, 0.4) is 0 Å². The highest BCUT2D eigenvalue weighted by atomic mass is 79.9. The van der Waals surface area contributed by atoms with Crippen LogP contribution in [0.1, 0.15) is 49.2 Å². The first-order valence-electron chi connectivity index (χ1n) is 8.52. The molecular formula is C16H18Br2F3N5O. The van der Waals surface area contributed by atoms with Gasteiger partial charge in [0.2, 0.25) is 5.91 Å². The number of carbonyl (C=O) groups excluding carboxylic acids is 1. The van der Waals surface area contributed by atoms with Crippen LogP contribution in [0.5, 0.6) is 0 Å². The molecule has 1 aliphatic carbocycles. The number of hydrogen-bond acceptors (Lipinski definition) is 3. The molecule has 2 aromatic heterocycles. The quantitative estimate of drug-likeness (QED) is 0.604. The number of aromatic nitrogens is 4. The smallest absolute Gasteiger partial charge is 0.350 e. The minimum absolute atomic E-state index is 0.00746. The Hall–Kier alpha value is -1.36. The Morgan fingerprint density at radius 1 is 1.33 bits per heavy atom. The second-order valence-electron chi connectivity index (χ2n) is 6.35. The molecule has 0 aromatic carbocycles. The summed E-state index contributed by atoms with van der Waals surface area (Å²) in [6.07, 6.45) is -0.995. The van der Waals surface area contributed by atoms with Gasteiger partial charge in [-0.3, -0.25) is 14.2 Å². The van der Waals surface area contributed by atoms with Crippen molar-refractivity contribution in [1.82, 2.24) is 24.9 Å². The molecule has 6 nitrogen and oxygen atoms in total. The van der Waals surface area contributed by atoms with Crippen LogP contribution in [-0.2, 0) is 30.6 Å². The van der Waals surface area contributed by atoms with Crippen LogP contribution in [0, 0.1) is 0 Å². The molecule has 2 heterocycles. The molecule has 27 heavy (non-hydrogen) atoms. The molecule has 0 radical (unpaired) electrons. The lowest BCUT2D eigenvalue weighted by Crippen LogP contribution is -2.25. The number of hydrogen-bond donors (Lipinski definition) is 1. The predicted molar refractivity (Wildman–Crippen MR) is 99.0 cm³/mol. The van der Waals surface area contributed by atoms with Gasteiger partial charge in [-0.05, 0) is 51.6 Å². The van der Waals surface area contributed by atoms with Gasteiger partial charge in [0, 0.05) is 25.1 Å². The first-order valence-corrected chi connectivity index (χ1v) is 10.1. The Labute approximate surface area is 170 Å². The van der Waals surface area contributed by atoms with Gasteiger partial charge in [-0.25, -0.2) is 0 Å². The van der Waals surface area contributed by atoms with Crippen molar-refractivity contribution in [3.63, 3.8) is 0 Å². The van der Waals surface area contributed by atoms with Crippen molar-refractivity contribution < 1.29 is 18.0 Å². The molecule has 148 valence electrons. The third-order valence-electron chi connectivity index (χ3n) is 4.28. The summed E-state index contributed by atoms with van der Waals surface area (Å²) in [6.45, 7) is 3.01. The maximum absolute atomic E-state index is 13.1. The van der Waals surface area contributed by atoms with E-state index in [1.807, 2.05) is 13.1 Å². The number of rotatable bonds is 7. The zero-order valence-electron chi connectivity index (χ0n) is 14.5. The Morgan fingerprint density at radius 2 is 2.04 bits per heavy atom. The van der Waals surface area contributed by atoms with Crippen LogP contribution >= 0.6 is 31.9 Å². The molecule has 0 bridgehead atoms. The first-order chi connectivity index (χ1) is 12.7. The average molecular weight is 513 g/mol. The van der Waals surface area contributed by atoms with E-state index in [4.69, 9.17) is 0 Å². The highest BCUT2D eigenvalue weighted by Gasteiger charge is 2.41. The third-order valence-corrected chi connectivity index (χ3v) is 5.72. The van der Waals surface area contributed by atoms with E-state index in [1.54, 1.807) is 4.68 Å². The number of amides is 1. The fourth-order valence-corrected chi connectivity index (χ4v) is 4.04. The molecule has 1 saturated carbocycles. The minimum Gasteiger partial charge on any atom is -0.350 e. The van der Waals surface area contributed by atoms with Crippen LogP contribution < -0.4 is 5.32 Å². The van der Waals surface area contributed by atoms with Crippen LogP contribution in [0.4, 0.5) is 13.2 Å². The molecule has 0 aliphatic heterocycles. The van der Waals surface area contributed by atoms with Crippen molar-refractivity contribution in [3.8, 4) is 0 Å². The molecule has 0 unspecified atom stereocenters. The van der Waals surface area contributed by atoms with E-state index >= 15 is 0 Å². The largest absolute Gasteiger partial charge is 0.436 e. The van der Waals surface area contributed by atoms with Crippen LogP contribution in [-0.4, -0.2) is 25.5 Å². The fraction of sp³-hybridized carbons (Fsp3) is 0.562. The molecule has 0 spiro atoms. The van der Waals surface area contributed by atoms with Gasteiger partial charge >= 0.3 is 6.18 Å². The van der Waals surface area contributed by atoms with Crippen molar-refractivity contribution in [1.29, 1.82) is 0 Å². The third kappa shape index (κ3) is 4.74. The monoisotopic (exact) mass is 511 g/mol. The normalized spacial score (nSPS) is 14.6. The average Bonchev–Trinajstić information content (AvgIpc) is 3.27. The molecule has 2 aromatic rings. The number of alkyl halides is 3. The predicted octanol–water partition coefficient (Wildman–Crippen LogP) is 4.23. The molecule has 0 saturated heterocycles. The van der Waals surface area contributed by atoms with Gasteiger partial charge in [-0.15, -0.1) is 0 Å². The second-order valence-corrected chi connectivity index (χ2v) is 8.00. The zero-order chi connectivity index (χ0) is 19.8. The highest BCUT2D eigenvalue weighted by molar-refractivity contribution is 9.10. The molecule has 1 aliphatic rings. The van der Waals surface area contributed by atoms with Crippen molar-refractivity contribution in [3.05, 3.63) is 32.2 Å². The second kappa shape index (κ2) is 7.94. The Morgan fingerprint density at radius 3 is 2.59 bits per heavy atom. The van der Waals surface area contributed by atoms with Gasteiger partial charge in [0.25, 0.3) is 0 Å². The van der Waals surface area contributed by atoms with Gasteiger partial charge in [0.05, 0.1) is 33.4 Å². The van der Waals surface area contributed by atoms with E-state index in [1.165, 1.54) is 4.68 Å². The number of aryl methyl sites for hydroxylation is 2. The van der Waals surface area contributed by atoms with Crippen molar-refractivity contribution in [2.24, 2.45) is 0 Å². The van der Waals surface area contributed by atoms with E-state index in [0.717, 1.165) is 17.3 Å². The number of carbonyl (C=O) groups is 1. The number of nitrogens with one attached hydrogen (secondary N) is 1. The summed E-state index contributed by atoms with van der Waals surface area (Å²) in [5, 5.41) is 10.8. The molecular weight excluding hydrogens is 495 g/mol. The summed E-state index contributed by atoms with van der Waals surface area (Å²) in [7, 11) is 0. The number of halogens is 5. The number of nitrogens with zero attached hydrogens (tertiary/aromatic N) is 4. The lowest BCUT2D eigenvalue weighted by molar-refractivity contribution is -0.142. The summed E-state index contributed by atoms with van der Waals surface area (Å²) < 4.78 is 43.2. The fourth-order valence-electron chi connectivity index (χ4n) is 2.75. The minimum atomic E-state index is -4.53. The standard InChI is InChI=1S/C16H18Br2F3N5O/c1-2-25-8-10(17)11(23-25)7-22-12(27)5-6-26-14(9-3-4-9)13(18)15(24-26)16(19,20)21/h8-9H,2-7H2,1H3,(H,22,27). The van der Waals surface area contributed by atoms with Gasteiger partial charge in [-0.1, -0.05) is 0 Å². The molecule has 1 amide bonds. The van der Waals surface area contributed by atoms with Crippen molar-refractivity contribution in [2.75, 3.05) is 0 Å². The van der Waals surface area contributed by atoms with E-state index in [0.29, 0.717) is 17.9 Å². The first kappa shape index (κ1) is 20.4.